The van der Waals surface area contributed by atoms with Crippen LogP contribution in [0.15, 0.2) is 4.99 Å². The van der Waals surface area contributed by atoms with Gasteiger partial charge in [-0.15, -0.1) is 0 Å². The smallest absolute Gasteiger partial charge is 0.183 e. The minimum atomic E-state index is 0.582. The van der Waals surface area contributed by atoms with Gasteiger partial charge in [-0.25, -0.2) is 0 Å². The summed E-state index contributed by atoms with van der Waals surface area (Å²) >= 11 is 0. The number of ether oxygens (including phenoxy) is 1. The van der Waals surface area contributed by atoms with Crippen molar-refractivity contribution in [2.45, 2.75) is 12.8 Å². The average molecular weight is 128 g/mol. The van der Waals surface area contributed by atoms with Gasteiger partial charge in [-0.1, -0.05) is 0 Å². The maximum atomic E-state index is 5.23. The first-order chi connectivity index (χ1) is 4.43. The molecule has 0 radical (unpaired) electrons. The van der Waals surface area contributed by atoms with Gasteiger partial charge in [0.05, 0.1) is 0 Å². The number of hydrogen-bond acceptors (Lipinski definition) is 3. The Bertz CT molecular complexity index is 112. The van der Waals surface area contributed by atoms with Crippen LogP contribution in [0.25, 0.3) is 0 Å². The highest BCUT2D eigenvalue weighted by Crippen LogP contribution is 2.03. The van der Waals surface area contributed by atoms with E-state index in [1.165, 1.54) is 0 Å². The van der Waals surface area contributed by atoms with E-state index in [0.29, 0.717) is 13.2 Å². The molecule has 0 unspecified atom stereocenters. The lowest BCUT2D eigenvalue weighted by Gasteiger charge is -2.00. The quantitative estimate of drug-likeness (QED) is 0.575. The lowest BCUT2D eigenvalue weighted by Crippen LogP contribution is -2.11. The first kappa shape index (κ1) is 6.55. The zero-order valence-corrected chi connectivity index (χ0v) is 5.47. The molecule has 0 fully saturated rings. The second kappa shape index (κ2) is 3.45. The second-order valence-corrected chi connectivity index (χ2v) is 2.02. The standard InChI is InChI=1S/C6H12N2O/c7-3-5-9-6-2-1-4-8-6/h1-5,7H2. The summed E-state index contributed by atoms with van der Waals surface area (Å²) in [6, 6.07) is 0. The Hall–Kier alpha value is -0.570. The van der Waals surface area contributed by atoms with Crippen LogP contribution in [-0.2, 0) is 4.74 Å². The first-order valence-corrected chi connectivity index (χ1v) is 3.29. The van der Waals surface area contributed by atoms with Crippen molar-refractivity contribution in [3.63, 3.8) is 0 Å². The van der Waals surface area contributed by atoms with Crippen molar-refractivity contribution < 1.29 is 4.74 Å². The minimum Gasteiger partial charge on any atom is -0.480 e. The highest BCUT2D eigenvalue weighted by molar-refractivity contribution is 5.77. The van der Waals surface area contributed by atoms with E-state index >= 15 is 0 Å². The molecular formula is C6H12N2O. The van der Waals surface area contributed by atoms with Crippen LogP contribution in [0.1, 0.15) is 12.8 Å². The molecule has 0 spiro atoms. The largest absolute Gasteiger partial charge is 0.480 e. The number of hydrogen-bond donors (Lipinski definition) is 1. The molecule has 3 heteroatoms. The van der Waals surface area contributed by atoms with Crippen molar-refractivity contribution in [2.24, 2.45) is 10.7 Å². The third-order valence-electron chi connectivity index (χ3n) is 1.22. The van der Waals surface area contributed by atoms with Crippen LogP contribution in [0.2, 0.25) is 0 Å². The third-order valence-corrected chi connectivity index (χ3v) is 1.22. The summed E-state index contributed by atoms with van der Waals surface area (Å²) in [5, 5.41) is 0. The summed E-state index contributed by atoms with van der Waals surface area (Å²) in [5.74, 6) is 0.889. The van der Waals surface area contributed by atoms with Gasteiger partial charge in [-0.2, -0.15) is 0 Å². The van der Waals surface area contributed by atoms with Crippen molar-refractivity contribution in [3.8, 4) is 0 Å². The fraction of sp³-hybridized carbons (Fsp3) is 0.833. The Morgan fingerprint density at radius 1 is 1.67 bits per heavy atom. The van der Waals surface area contributed by atoms with Gasteiger partial charge in [0, 0.05) is 19.5 Å². The average Bonchev–Trinajstić information content (AvgIpc) is 2.34. The maximum absolute atomic E-state index is 5.23. The van der Waals surface area contributed by atoms with E-state index in [1.807, 2.05) is 0 Å². The second-order valence-electron chi connectivity index (χ2n) is 2.02. The Balaban J connectivity index is 2.11. The molecule has 52 valence electrons. The molecule has 1 aliphatic heterocycles. The summed E-state index contributed by atoms with van der Waals surface area (Å²) in [5.41, 5.74) is 5.23. The van der Waals surface area contributed by atoms with Crippen molar-refractivity contribution >= 4 is 5.90 Å². The topological polar surface area (TPSA) is 47.6 Å². The lowest BCUT2D eigenvalue weighted by atomic mass is 10.4. The summed E-state index contributed by atoms with van der Waals surface area (Å²) in [6.07, 6.45) is 2.14. The highest BCUT2D eigenvalue weighted by atomic mass is 16.5. The van der Waals surface area contributed by atoms with E-state index in [-0.39, 0.29) is 0 Å². The van der Waals surface area contributed by atoms with E-state index in [0.717, 1.165) is 25.3 Å². The van der Waals surface area contributed by atoms with Gasteiger partial charge in [0.15, 0.2) is 5.90 Å². The fourth-order valence-corrected chi connectivity index (χ4v) is 0.808. The van der Waals surface area contributed by atoms with Gasteiger partial charge in [-0.05, 0) is 6.42 Å². The zero-order chi connectivity index (χ0) is 6.53. The van der Waals surface area contributed by atoms with E-state index in [4.69, 9.17) is 10.5 Å². The number of rotatable bonds is 2. The summed E-state index contributed by atoms with van der Waals surface area (Å²) < 4.78 is 5.18. The molecule has 0 atom stereocenters. The predicted octanol–water partition coefficient (Wildman–Crippen LogP) is 0.154. The molecule has 1 rings (SSSR count). The Kier molecular flexibility index (Phi) is 2.51. The minimum absolute atomic E-state index is 0.582. The molecule has 1 heterocycles. The van der Waals surface area contributed by atoms with Crippen molar-refractivity contribution in [3.05, 3.63) is 0 Å². The van der Waals surface area contributed by atoms with Crippen LogP contribution in [0.5, 0.6) is 0 Å². The summed E-state index contributed by atoms with van der Waals surface area (Å²) in [7, 11) is 0. The molecule has 3 nitrogen and oxygen atoms in total. The van der Waals surface area contributed by atoms with Gasteiger partial charge in [0.2, 0.25) is 0 Å². The highest BCUT2D eigenvalue weighted by Gasteiger charge is 2.05. The molecule has 9 heavy (non-hydrogen) atoms. The van der Waals surface area contributed by atoms with Crippen LogP contribution in [0.3, 0.4) is 0 Å². The molecule has 0 aliphatic carbocycles. The Morgan fingerprint density at radius 3 is 3.11 bits per heavy atom. The van der Waals surface area contributed by atoms with E-state index in [9.17, 15) is 0 Å². The van der Waals surface area contributed by atoms with E-state index in [1.54, 1.807) is 0 Å². The molecule has 0 aromatic carbocycles. The maximum Gasteiger partial charge on any atom is 0.183 e. The van der Waals surface area contributed by atoms with Gasteiger partial charge in [0.1, 0.15) is 6.61 Å². The molecule has 0 aromatic rings. The van der Waals surface area contributed by atoms with E-state index in [2.05, 4.69) is 4.99 Å². The third kappa shape index (κ3) is 2.01. The molecule has 0 saturated heterocycles. The van der Waals surface area contributed by atoms with Crippen molar-refractivity contribution in [2.75, 3.05) is 19.7 Å². The summed E-state index contributed by atoms with van der Waals surface area (Å²) in [6.45, 7) is 2.12. The van der Waals surface area contributed by atoms with Crippen LogP contribution >= 0.6 is 0 Å². The van der Waals surface area contributed by atoms with Crippen LogP contribution < -0.4 is 5.73 Å². The SMILES string of the molecule is NCCOC1=NCCC1. The molecule has 0 saturated carbocycles. The molecular weight excluding hydrogens is 116 g/mol. The molecule has 1 aliphatic rings. The van der Waals surface area contributed by atoms with Gasteiger partial charge in [-0.3, -0.25) is 4.99 Å². The monoisotopic (exact) mass is 128 g/mol. The molecule has 0 bridgehead atoms. The van der Waals surface area contributed by atoms with Crippen LogP contribution in [-0.4, -0.2) is 25.6 Å². The lowest BCUT2D eigenvalue weighted by molar-refractivity contribution is 0.309. The van der Waals surface area contributed by atoms with E-state index < -0.39 is 0 Å². The van der Waals surface area contributed by atoms with Crippen molar-refractivity contribution in [1.29, 1.82) is 0 Å². The Labute approximate surface area is 54.9 Å². The summed E-state index contributed by atoms with van der Waals surface area (Å²) in [4.78, 5) is 4.11. The van der Waals surface area contributed by atoms with Crippen LogP contribution in [0, 0.1) is 0 Å². The molecule has 2 N–H and O–H groups in total. The Morgan fingerprint density at radius 2 is 2.56 bits per heavy atom. The number of aliphatic imine (C=N–C) groups is 1. The normalized spacial score (nSPS) is 17.7. The number of nitrogens with two attached hydrogens (primary N) is 1. The van der Waals surface area contributed by atoms with Gasteiger partial charge in [0.25, 0.3) is 0 Å². The zero-order valence-electron chi connectivity index (χ0n) is 5.47. The molecule has 0 amide bonds. The predicted molar refractivity (Wildman–Crippen MR) is 36.5 cm³/mol. The van der Waals surface area contributed by atoms with Gasteiger partial charge >= 0.3 is 0 Å². The van der Waals surface area contributed by atoms with Crippen LogP contribution in [0.4, 0.5) is 0 Å². The molecule has 0 aromatic heterocycles. The number of nitrogens with zero attached hydrogens (tertiary/aromatic N) is 1. The first-order valence-electron chi connectivity index (χ1n) is 3.29. The van der Waals surface area contributed by atoms with Crippen molar-refractivity contribution in [1.82, 2.24) is 0 Å². The van der Waals surface area contributed by atoms with Gasteiger partial charge < -0.3 is 10.5 Å². The fourth-order valence-electron chi connectivity index (χ4n) is 0.808.